The lowest BCUT2D eigenvalue weighted by atomic mass is 9.59. The van der Waals surface area contributed by atoms with Crippen LogP contribution in [0.25, 0.3) is 12.2 Å². The Balaban J connectivity index is 1.94. The zero-order valence-corrected chi connectivity index (χ0v) is 27.1. The van der Waals surface area contributed by atoms with Gasteiger partial charge in [0, 0.05) is 30.7 Å². The Bertz CT molecular complexity index is 1780. The SMILES string of the molecule is C=CC1=C(C)C2(C=C)NC1(C)/C=C1/C=CC(=N1)/C=c1/cc/c([nH]1)=C/C1=NC(C(C)C(=O)NC)(C(C(C)C(=O)NC)=C1C)C2C. The molecule has 6 atom stereocenters. The molecule has 5 rings (SSSR count). The minimum Gasteiger partial charge on any atom is -0.359 e. The fourth-order valence-electron chi connectivity index (χ4n) is 7.99. The van der Waals surface area contributed by atoms with Crippen LogP contribution in [0.5, 0.6) is 0 Å². The number of carbonyl (C=O) groups is 2. The smallest absolute Gasteiger partial charge is 0.226 e. The third-order valence-electron chi connectivity index (χ3n) is 10.3. The second-order valence-electron chi connectivity index (χ2n) is 12.5. The maximum absolute atomic E-state index is 13.7. The van der Waals surface area contributed by atoms with Crippen molar-refractivity contribution in [1.29, 1.82) is 0 Å². The molecule has 230 valence electrons. The fraction of sp³-hybridized carbons (Fsp3) is 0.389. The standard InChI is InChI=1S/C36H44N6O2/c1-11-29-22(5)35(12-2)24(7)36(23(6)33(44)38-10)31(21(4)32(43)37-9)20(3)30(41-36)18-27-14-13-25(39-27)17-26-15-16-28(40-26)19-34(29,8)42-35/h11-19,21,23-24,39,42H,1-2H2,3-10H3,(H,37,43)(H,38,44)/b25-17-,27-18-,28-19-. The number of aliphatic imine (C=N–C) groups is 2. The van der Waals surface area contributed by atoms with Gasteiger partial charge in [0.1, 0.15) is 0 Å². The molecule has 6 unspecified atom stereocenters. The highest BCUT2D eigenvalue weighted by molar-refractivity contribution is 6.23. The number of rotatable bonds is 6. The van der Waals surface area contributed by atoms with Gasteiger partial charge in [0.2, 0.25) is 11.8 Å². The molecule has 0 fully saturated rings. The lowest BCUT2D eigenvalue weighted by Gasteiger charge is -2.50. The van der Waals surface area contributed by atoms with Crippen LogP contribution in [0.3, 0.4) is 0 Å². The topological polar surface area (TPSA) is 111 Å². The average molecular weight is 593 g/mol. The van der Waals surface area contributed by atoms with Crippen LogP contribution in [0.4, 0.5) is 0 Å². The fourth-order valence-corrected chi connectivity index (χ4v) is 7.99. The predicted octanol–water partition coefficient (Wildman–Crippen LogP) is 3.18. The van der Waals surface area contributed by atoms with E-state index in [-0.39, 0.29) is 17.7 Å². The molecule has 4 N–H and O–H groups in total. The summed E-state index contributed by atoms with van der Waals surface area (Å²) in [7, 11) is 3.28. The number of aromatic nitrogens is 1. The Kier molecular flexibility index (Phi) is 7.79. The Morgan fingerprint density at radius 1 is 1.05 bits per heavy atom. The quantitative estimate of drug-likeness (QED) is 0.381. The summed E-state index contributed by atoms with van der Waals surface area (Å²) in [5.41, 5.74) is 3.53. The second-order valence-corrected chi connectivity index (χ2v) is 12.5. The van der Waals surface area contributed by atoms with Gasteiger partial charge in [-0.2, -0.15) is 0 Å². The number of carbonyl (C=O) groups excluding carboxylic acids is 2. The number of fused-ring (bicyclic) bond motifs is 6. The molecule has 4 aliphatic rings. The van der Waals surface area contributed by atoms with Crippen LogP contribution in [0.1, 0.15) is 41.5 Å². The van der Waals surface area contributed by atoms with Gasteiger partial charge in [-0.3, -0.25) is 19.9 Å². The zero-order chi connectivity index (χ0) is 32.2. The summed E-state index contributed by atoms with van der Waals surface area (Å²) in [6.07, 6.45) is 14.0. The Morgan fingerprint density at radius 3 is 2.32 bits per heavy atom. The molecule has 8 bridgehead atoms. The van der Waals surface area contributed by atoms with Crippen LogP contribution in [-0.4, -0.2) is 58.9 Å². The highest BCUT2D eigenvalue weighted by Gasteiger charge is 2.61. The Morgan fingerprint density at radius 2 is 1.70 bits per heavy atom. The van der Waals surface area contributed by atoms with E-state index in [9.17, 15) is 9.59 Å². The van der Waals surface area contributed by atoms with Crippen LogP contribution in [-0.2, 0) is 9.59 Å². The van der Waals surface area contributed by atoms with Crippen molar-refractivity contribution >= 4 is 35.4 Å². The van der Waals surface area contributed by atoms with E-state index in [4.69, 9.17) is 9.98 Å². The Hall–Kier alpha value is -4.30. The molecule has 1 aromatic heterocycles. The van der Waals surface area contributed by atoms with Gasteiger partial charge in [-0.15, -0.1) is 6.58 Å². The number of hydrogen-bond donors (Lipinski definition) is 4. The third kappa shape index (κ3) is 4.46. The molecule has 1 aromatic rings. The summed E-state index contributed by atoms with van der Waals surface area (Å²) >= 11 is 0. The molecule has 8 nitrogen and oxygen atoms in total. The van der Waals surface area contributed by atoms with Gasteiger partial charge in [-0.05, 0) is 92.5 Å². The first-order valence-electron chi connectivity index (χ1n) is 15.2. The first-order chi connectivity index (χ1) is 20.8. The highest BCUT2D eigenvalue weighted by atomic mass is 16.2. The number of allylic oxidation sites excluding steroid dienone is 3. The van der Waals surface area contributed by atoms with Gasteiger partial charge in [-0.25, -0.2) is 4.99 Å². The summed E-state index contributed by atoms with van der Waals surface area (Å²) in [4.78, 5) is 41.0. The number of hydrogen-bond acceptors (Lipinski definition) is 5. The number of nitrogens with one attached hydrogen (secondary N) is 4. The van der Waals surface area contributed by atoms with Crippen LogP contribution in [0.2, 0.25) is 0 Å². The van der Waals surface area contributed by atoms with E-state index >= 15 is 0 Å². The number of amides is 2. The molecule has 44 heavy (non-hydrogen) atoms. The summed E-state index contributed by atoms with van der Waals surface area (Å²) in [5.74, 6) is -1.87. The number of aromatic amines is 1. The van der Waals surface area contributed by atoms with E-state index in [0.717, 1.165) is 50.1 Å². The van der Waals surface area contributed by atoms with E-state index in [0.29, 0.717) is 0 Å². The molecule has 5 heterocycles. The number of nitrogens with zero attached hydrogens (tertiary/aromatic N) is 2. The van der Waals surface area contributed by atoms with Crippen LogP contribution < -0.4 is 26.6 Å². The average Bonchev–Trinajstić information content (AvgIpc) is 3.75. The van der Waals surface area contributed by atoms with Crippen molar-refractivity contribution in [1.82, 2.24) is 20.9 Å². The van der Waals surface area contributed by atoms with Gasteiger partial charge in [0.15, 0.2) is 0 Å². The molecule has 2 amide bonds. The van der Waals surface area contributed by atoms with Crippen molar-refractivity contribution in [3.05, 3.63) is 94.4 Å². The minimum atomic E-state index is -1.12. The van der Waals surface area contributed by atoms with Gasteiger partial charge in [-0.1, -0.05) is 32.6 Å². The lowest BCUT2D eigenvalue weighted by molar-refractivity contribution is -0.128. The minimum absolute atomic E-state index is 0.138. The van der Waals surface area contributed by atoms with Crippen molar-refractivity contribution in [2.75, 3.05) is 14.1 Å². The van der Waals surface area contributed by atoms with E-state index in [1.807, 2.05) is 69.4 Å². The van der Waals surface area contributed by atoms with E-state index in [2.05, 4.69) is 60.9 Å². The molecule has 0 aliphatic carbocycles. The molecule has 0 saturated carbocycles. The molecule has 0 aromatic carbocycles. The first kappa shape index (κ1) is 31.1. The summed E-state index contributed by atoms with van der Waals surface area (Å²) in [5, 5.41) is 11.4. The molecule has 0 saturated heterocycles. The maximum atomic E-state index is 13.7. The molecule has 0 radical (unpaired) electrons. The maximum Gasteiger partial charge on any atom is 0.226 e. The zero-order valence-electron chi connectivity index (χ0n) is 27.1. The van der Waals surface area contributed by atoms with Crippen molar-refractivity contribution in [2.24, 2.45) is 27.7 Å². The van der Waals surface area contributed by atoms with Crippen LogP contribution >= 0.6 is 0 Å². The van der Waals surface area contributed by atoms with E-state index in [1.165, 1.54) is 0 Å². The monoisotopic (exact) mass is 592 g/mol. The van der Waals surface area contributed by atoms with E-state index in [1.54, 1.807) is 14.1 Å². The molecular formula is C36H44N6O2. The molecule has 8 heteroatoms. The largest absolute Gasteiger partial charge is 0.359 e. The predicted molar refractivity (Wildman–Crippen MR) is 179 cm³/mol. The second kappa shape index (κ2) is 11.0. The van der Waals surface area contributed by atoms with Crippen molar-refractivity contribution in [3.8, 4) is 0 Å². The summed E-state index contributed by atoms with van der Waals surface area (Å²) in [6, 6.07) is 4.01. The summed E-state index contributed by atoms with van der Waals surface area (Å²) < 4.78 is 0. The van der Waals surface area contributed by atoms with Gasteiger partial charge >= 0.3 is 0 Å². The molecular weight excluding hydrogens is 548 g/mol. The van der Waals surface area contributed by atoms with Crippen molar-refractivity contribution in [2.45, 2.75) is 58.2 Å². The van der Waals surface area contributed by atoms with Crippen molar-refractivity contribution in [3.63, 3.8) is 0 Å². The molecule has 0 spiro atoms. The van der Waals surface area contributed by atoms with Crippen molar-refractivity contribution < 1.29 is 9.59 Å². The lowest BCUT2D eigenvalue weighted by Crippen LogP contribution is -2.63. The first-order valence-corrected chi connectivity index (χ1v) is 15.2. The highest BCUT2D eigenvalue weighted by Crippen LogP contribution is 2.55. The number of H-pyrrole nitrogens is 1. The van der Waals surface area contributed by atoms with Crippen LogP contribution in [0.15, 0.2) is 93.6 Å². The van der Waals surface area contributed by atoms with Crippen LogP contribution in [0, 0.1) is 17.8 Å². The van der Waals surface area contributed by atoms with Gasteiger partial charge in [0.25, 0.3) is 0 Å². The van der Waals surface area contributed by atoms with Gasteiger partial charge < -0.3 is 15.6 Å². The van der Waals surface area contributed by atoms with Gasteiger partial charge in [0.05, 0.1) is 45.6 Å². The third-order valence-corrected chi connectivity index (χ3v) is 10.3. The normalized spacial score (nSPS) is 33.2. The Labute approximate surface area is 260 Å². The van der Waals surface area contributed by atoms with E-state index < -0.39 is 28.5 Å². The summed E-state index contributed by atoms with van der Waals surface area (Å²) in [6.45, 7) is 20.7. The molecule has 4 aliphatic heterocycles.